The van der Waals surface area contributed by atoms with Crippen LogP contribution in [-0.2, 0) is 0 Å². The highest BCUT2D eigenvalue weighted by atomic mass is 79.9. The summed E-state index contributed by atoms with van der Waals surface area (Å²) in [4.78, 5) is 71.8. The van der Waals surface area contributed by atoms with E-state index >= 15 is 0 Å². The number of rotatable bonds is 10. The molecule has 0 saturated heterocycles. The molecule has 4 aromatic heterocycles. The van der Waals surface area contributed by atoms with E-state index in [9.17, 15) is 34.6 Å². The second-order valence-corrected chi connectivity index (χ2v) is 39.2. The highest BCUT2D eigenvalue weighted by Gasteiger charge is 2.17. The molecule has 0 radical (unpaired) electrons. The number of amides is 5. The van der Waals surface area contributed by atoms with Crippen LogP contribution >= 0.6 is 297 Å². The largest absolute Gasteiger partial charge is 0.399 e. The van der Waals surface area contributed by atoms with E-state index in [0.717, 1.165) is 108 Å². The number of hydrogen-bond acceptors (Lipinski definition) is 19. The number of thiazole rings is 3. The monoisotopic (exact) mass is 2600 g/mol. The molecule has 44 heteroatoms. The number of thiocarbonyl (C=S) groups is 2. The van der Waals surface area contributed by atoms with Crippen LogP contribution in [0.1, 0.15) is 24.2 Å². The van der Waals surface area contributed by atoms with Crippen LogP contribution in [0.15, 0.2) is 243 Å². The molecule has 600 valence electrons. The van der Waals surface area contributed by atoms with Crippen LogP contribution in [0, 0.1) is 20.2 Å². The van der Waals surface area contributed by atoms with Gasteiger partial charge in [-0.3, -0.25) is 46.0 Å². The molecule has 13 aromatic rings. The fourth-order valence-electron chi connectivity index (χ4n) is 8.60. The van der Waals surface area contributed by atoms with Gasteiger partial charge in [-0.05, 0) is 217 Å². The van der Waals surface area contributed by atoms with Gasteiger partial charge in [0.05, 0.1) is 46.2 Å². The number of carbonyl (C=O) groups is 3. The first kappa shape index (κ1) is 98.6. The topological polar surface area (TPSA) is 377 Å². The number of aromatic nitrogens is 4. The van der Waals surface area contributed by atoms with Gasteiger partial charge in [0.2, 0.25) is 0 Å². The molecule has 24 nitrogen and oxygen atoms in total. The van der Waals surface area contributed by atoms with Crippen molar-refractivity contribution in [3.8, 4) is 11.1 Å². The number of nitrogen functional groups attached to an aromatic ring is 3. The summed E-state index contributed by atoms with van der Waals surface area (Å²) >= 11 is 64.0. The average Bonchev–Trinajstić information content (AvgIpc) is 1.80. The van der Waals surface area contributed by atoms with Crippen LogP contribution < -0.4 is 60.2 Å². The lowest BCUT2D eigenvalue weighted by Gasteiger charge is -2.10. The molecule has 5 amide bonds. The zero-order valence-electron chi connectivity index (χ0n) is 58.2. The van der Waals surface area contributed by atoms with Gasteiger partial charge in [0, 0.05) is 151 Å². The molecule has 0 aliphatic heterocycles. The number of urea groups is 2. The Kier molecular flexibility index (Phi) is 42.5. The molecule has 4 heterocycles. The third-order valence-electron chi connectivity index (χ3n) is 13.1. The van der Waals surface area contributed by atoms with Gasteiger partial charge < -0.3 is 44.2 Å². The maximum Gasteiger partial charge on any atom is 0.321 e. The molecular weight excluding hydrogens is 2560 g/mol. The number of nitrogens with zero attached hydrogens (tertiary/aromatic N) is 6. The summed E-state index contributed by atoms with van der Waals surface area (Å²) in [6, 6.07) is 48.5. The fraction of sp³-hybridized carbons (Fsp3) is 0.0563. The lowest BCUT2D eigenvalue weighted by molar-refractivity contribution is -0.385. The third-order valence-corrected chi connectivity index (χ3v) is 24.5. The second kappa shape index (κ2) is 49.5. The maximum absolute atomic E-state index is 11.9. The highest BCUT2D eigenvalue weighted by molar-refractivity contribution is 9.13. The molecule has 0 unspecified atom stereocenters. The molecular formula is C71H54Br15N17O7S5. The predicted octanol–water partition coefficient (Wildman–Crippen LogP) is 27.4. The zero-order chi connectivity index (χ0) is 84.9. The maximum atomic E-state index is 11.9. The van der Waals surface area contributed by atoms with Crippen molar-refractivity contribution in [1.82, 2.24) is 35.9 Å². The van der Waals surface area contributed by atoms with Crippen molar-refractivity contribution in [3.05, 3.63) is 269 Å². The number of nitrogens with two attached hydrogens (primary N) is 4. The Balaban J connectivity index is 0.000000208. The SMILES string of the molecule is CCNC(=O)Nc1nc2cc(Br)cc(-c3cccnc3)c2s1.CCNC(=O)Nc1nc2cc(Br)cc(Br)c2s1.NC(=S)Nc1cc(Br)cc(Br)c1.Nc1c(Br)cc([N+](=O)[O-])cc1Br.Nc1cc(Br)cc(Br)c1.Nc1nc2cc(Br)cc(Br)c2s1.O=C(NC(=S)Nc1cc(Br)cc(Br)c1)c1ccccc1.O=[N+]([O-])c1cc(Br)cc(Br)c1. The number of benzene rings is 9. The summed E-state index contributed by atoms with van der Waals surface area (Å²) in [5.74, 6) is -0.239. The molecule has 9 aromatic carbocycles. The van der Waals surface area contributed by atoms with Crippen LogP contribution in [-0.4, -0.2) is 71.1 Å². The van der Waals surface area contributed by atoms with Gasteiger partial charge in [-0.1, -0.05) is 234 Å². The Hall–Kier alpha value is -5.21. The number of carbonyl (C=O) groups excluding carboxylic acids is 3. The minimum atomic E-state index is -0.477. The summed E-state index contributed by atoms with van der Waals surface area (Å²) in [6.07, 6.45) is 3.56. The van der Waals surface area contributed by atoms with Gasteiger partial charge in [0.25, 0.3) is 17.3 Å². The van der Waals surface area contributed by atoms with E-state index in [-0.39, 0.29) is 39.6 Å². The molecule has 115 heavy (non-hydrogen) atoms. The molecule has 0 aliphatic rings. The van der Waals surface area contributed by atoms with Crippen LogP contribution in [0.2, 0.25) is 0 Å². The predicted molar refractivity (Wildman–Crippen MR) is 532 cm³/mol. The van der Waals surface area contributed by atoms with E-state index in [0.29, 0.717) is 57.6 Å². The van der Waals surface area contributed by atoms with Gasteiger partial charge in [0.1, 0.15) is 0 Å². The molecule has 0 bridgehead atoms. The summed E-state index contributed by atoms with van der Waals surface area (Å²) in [6.45, 7) is 4.90. The lowest BCUT2D eigenvalue weighted by atomic mass is 10.1. The molecule has 0 aliphatic carbocycles. The smallest absolute Gasteiger partial charge is 0.321 e. The van der Waals surface area contributed by atoms with E-state index in [2.05, 4.69) is 296 Å². The van der Waals surface area contributed by atoms with Crippen molar-refractivity contribution in [2.45, 2.75) is 13.8 Å². The van der Waals surface area contributed by atoms with Crippen molar-refractivity contribution < 1.29 is 24.2 Å². The summed E-state index contributed by atoms with van der Waals surface area (Å²) in [5.41, 5.74) is 30.1. The average molecular weight is 2620 g/mol. The van der Waals surface area contributed by atoms with Gasteiger partial charge in [-0.25, -0.2) is 24.5 Å². The van der Waals surface area contributed by atoms with Crippen molar-refractivity contribution in [3.63, 3.8) is 0 Å². The number of nitro groups is 2. The van der Waals surface area contributed by atoms with E-state index in [1.54, 1.807) is 36.5 Å². The number of halogens is 15. The number of nitrogens with one attached hydrogen (secondary N) is 7. The Morgan fingerprint density at radius 1 is 0.452 bits per heavy atom. The Morgan fingerprint density at radius 3 is 1.29 bits per heavy atom. The van der Waals surface area contributed by atoms with E-state index in [1.807, 2.05) is 129 Å². The number of hydrogen-bond donors (Lipinski definition) is 11. The summed E-state index contributed by atoms with van der Waals surface area (Å²) in [7, 11) is 0. The quantitative estimate of drug-likeness (QED) is 0.0262. The van der Waals surface area contributed by atoms with Crippen LogP contribution in [0.5, 0.6) is 0 Å². The summed E-state index contributed by atoms with van der Waals surface area (Å²) in [5, 5.41) is 42.1. The van der Waals surface area contributed by atoms with Crippen molar-refractivity contribution in [2.24, 2.45) is 5.73 Å². The Bertz CT molecular complexity index is 5520. The summed E-state index contributed by atoms with van der Waals surface area (Å²) < 4.78 is 16.2. The van der Waals surface area contributed by atoms with Gasteiger partial charge >= 0.3 is 12.1 Å². The minimum absolute atomic E-state index is 0.00273. The molecule has 0 fully saturated rings. The van der Waals surface area contributed by atoms with Gasteiger partial charge in [-0.15, -0.1) is 0 Å². The molecule has 15 N–H and O–H groups in total. The minimum Gasteiger partial charge on any atom is -0.399 e. The van der Waals surface area contributed by atoms with Crippen molar-refractivity contribution in [1.29, 1.82) is 0 Å². The molecule has 0 spiro atoms. The first-order valence-corrected chi connectivity index (χ1v) is 46.8. The highest BCUT2D eigenvalue weighted by Crippen LogP contribution is 2.40. The number of fused-ring (bicyclic) bond motifs is 3. The van der Waals surface area contributed by atoms with E-state index < -0.39 is 9.85 Å². The number of nitro benzene ring substituents is 2. The van der Waals surface area contributed by atoms with Gasteiger partial charge in [-0.2, -0.15) is 0 Å². The first-order chi connectivity index (χ1) is 54.3. The van der Waals surface area contributed by atoms with E-state index in [4.69, 9.17) is 47.4 Å². The second-order valence-electron chi connectivity index (χ2n) is 21.8. The van der Waals surface area contributed by atoms with Crippen LogP contribution in [0.25, 0.3) is 41.8 Å². The number of anilines is 7. The molecule has 0 atom stereocenters. The zero-order valence-corrected chi connectivity index (χ0v) is 86.1. The van der Waals surface area contributed by atoms with E-state index in [1.165, 1.54) is 58.3 Å². The van der Waals surface area contributed by atoms with Crippen molar-refractivity contribution in [2.75, 3.05) is 51.6 Å². The molecule has 13 rings (SSSR count). The van der Waals surface area contributed by atoms with Gasteiger partial charge in [0.15, 0.2) is 25.6 Å². The van der Waals surface area contributed by atoms with Crippen LogP contribution in [0.4, 0.5) is 59.1 Å². The molecule has 0 saturated carbocycles. The lowest BCUT2D eigenvalue weighted by Crippen LogP contribution is -2.34. The first-order valence-electron chi connectivity index (χ1n) is 31.6. The Labute approximate surface area is 806 Å². The van der Waals surface area contributed by atoms with Crippen LogP contribution in [0.3, 0.4) is 0 Å². The normalized spacial score (nSPS) is 10.1. The number of pyridine rings is 1. The van der Waals surface area contributed by atoms with Crippen molar-refractivity contribution >= 4 is 406 Å². The fourth-order valence-corrected chi connectivity index (χ4v) is 21.2. The standard InChI is InChI=1S/C15H13BrN4OS.C14H10Br2N2OS.C10H9Br2N3OS.C7H4Br2N2S.C7H6Br2N2S.C6H4Br2N2O2.C6H3Br2NO2.C6H5Br2N/c1-2-18-14(21)20-15-19-12-7-10(16)6-11(13(12)22-15)9-4-3-5-17-8-9;15-10-6-11(16)8-12(7-10)17-14(20)18-13(19)9-4-2-1-3-5-9;1-2-13-9(16)15-10-14-7-4-5(11)3-6(12)8(7)17-10;8-3-1-4(9)6-5(2-3)11-7(10)12-6;8-4-1-5(9)3-6(2-4)11-7(10)12;7-4-1-3(10(11)12)2-5(8)6(4)9;7-4-1-5(8)3-6(2-4)9(10)11;7-4-1-5(8)3-6(9)2-4/h3-8H,2H2,1H3,(H2,18,19,20,21);1-8H,(H2,17,18,19,20);3-4H,2H2,1H3,(H2,13,14,15,16);1-2H,(H2,10,11);1-3H,(H3,10,11,12);1-2H,9H2;1-3H;1-3H,9H2. The number of non-ortho nitro benzene ring substituents is 2. The third kappa shape index (κ3) is 34.8. The Morgan fingerprint density at radius 2 is 0.852 bits per heavy atom.